The molecular formula is C16H17N3O2S2. The molecule has 0 aliphatic rings. The topological polar surface area (TPSA) is 68.0 Å². The second-order valence-corrected chi connectivity index (χ2v) is 7.14. The fourth-order valence-corrected chi connectivity index (χ4v) is 3.46. The van der Waals surface area contributed by atoms with Gasteiger partial charge < -0.3 is 9.73 Å². The molecule has 3 aromatic heterocycles. The second-order valence-electron chi connectivity index (χ2n) is 5.13. The fraction of sp³-hybridized carbons (Fsp3) is 0.312. The van der Waals surface area contributed by atoms with Gasteiger partial charge in [-0.3, -0.25) is 4.79 Å². The Bertz CT molecular complexity index is 790. The van der Waals surface area contributed by atoms with Crippen LogP contribution in [0.25, 0.3) is 10.8 Å². The first-order chi connectivity index (χ1) is 11.1. The van der Waals surface area contributed by atoms with Crippen molar-refractivity contribution in [2.75, 3.05) is 6.54 Å². The third-order valence-electron chi connectivity index (χ3n) is 3.32. The monoisotopic (exact) mass is 347 g/mol. The van der Waals surface area contributed by atoms with Crippen molar-refractivity contribution in [3.8, 4) is 10.8 Å². The number of nitrogens with zero attached hydrogens (tertiary/aromatic N) is 2. The van der Waals surface area contributed by atoms with Crippen molar-refractivity contribution in [1.82, 2.24) is 15.3 Å². The van der Waals surface area contributed by atoms with Crippen LogP contribution >= 0.6 is 22.7 Å². The third-order valence-corrected chi connectivity index (χ3v) is 5.00. The summed E-state index contributed by atoms with van der Waals surface area (Å²) >= 11 is 3.19. The largest absolute Gasteiger partial charge is 0.440 e. The standard InChI is InChI=1S/C16H17N3O2S2/c1-10-13(19-16(21-10)14-4-3-7-22-14)8-15(20)17-6-5-12-9-23-11(2)18-12/h3-4,7,9H,5-6,8H2,1-2H3,(H,17,20). The van der Waals surface area contributed by atoms with Crippen LogP contribution in [0.1, 0.15) is 22.2 Å². The van der Waals surface area contributed by atoms with Crippen molar-refractivity contribution >= 4 is 28.6 Å². The summed E-state index contributed by atoms with van der Waals surface area (Å²) < 4.78 is 5.65. The SMILES string of the molecule is Cc1nc(CCNC(=O)Cc2nc(-c3cccs3)oc2C)cs1. The van der Waals surface area contributed by atoms with Gasteiger partial charge in [0.15, 0.2) is 0 Å². The van der Waals surface area contributed by atoms with Gasteiger partial charge in [-0.25, -0.2) is 9.97 Å². The van der Waals surface area contributed by atoms with Crippen molar-refractivity contribution in [3.05, 3.63) is 45.0 Å². The number of carbonyl (C=O) groups is 1. The van der Waals surface area contributed by atoms with E-state index in [-0.39, 0.29) is 12.3 Å². The summed E-state index contributed by atoms with van der Waals surface area (Å²) in [5.74, 6) is 1.23. The lowest BCUT2D eigenvalue weighted by molar-refractivity contribution is -0.120. The van der Waals surface area contributed by atoms with E-state index >= 15 is 0 Å². The van der Waals surface area contributed by atoms with Crippen molar-refractivity contribution in [2.24, 2.45) is 0 Å². The van der Waals surface area contributed by atoms with Crippen LogP contribution in [0.4, 0.5) is 0 Å². The van der Waals surface area contributed by atoms with Crippen LogP contribution in [-0.2, 0) is 17.6 Å². The zero-order valence-corrected chi connectivity index (χ0v) is 14.6. The van der Waals surface area contributed by atoms with Crippen LogP contribution in [0, 0.1) is 13.8 Å². The Labute approximate surface area is 142 Å². The highest BCUT2D eigenvalue weighted by molar-refractivity contribution is 7.13. The van der Waals surface area contributed by atoms with Gasteiger partial charge in [0.25, 0.3) is 0 Å². The molecule has 0 unspecified atom stereocenters. The Kier molecular flexibility index (Phi) is 4.88. The molecule has 3 heterocycles. The molecule has 0 spiro atoms. The number of hydrogen-bond donors (Lipinski definition) is 1. The van der Waals surface area contributed by atoms with Crippen molar-refractivity contribution in [1.29, 1.82) is 0 Å². The van der Waals surface area contributed by atoms with Crippen LogP contribution in [-0.4, -0.2) is 22.4 Å². The van der Waals surface area contributed by atoms with Gasteiger partial charge in [0.2, 0.25) is 11.8 Å². The molecule has 23 heavy (non-hydrogen) atoms. The lowest BCUT2D eigenvalue weighted by Crippen LogP contribution is -2.27. The predicted octanol–water partition coefficient (Wildman–Crippen LogP) is 3.38. The summed E-state index contributed by atoms with van der Waals surface area (Å²) in [6.07, 6.45) is 0.977. The molecule has 0 saturated heterocycles. The van der Waals surface area contributed by atoms with E-state index in [1.165, 1.54) is 0 Å². The number of carbonyl (C=O) groups excluding carboxylic acids is 1. The Balaban J connectivity index is 1.53. The molecule has 5 nitrogen and oxygen atoms in total. The summed E-state index contributed by atoms with van der Waals surface area (Å²) in [7, 11) is 0. The number of thiophene rings is 1. The number of nitrogens with one attached hydrogen (secondary N) is 1. The lowest BCUT2D eigenvalue weighted by Gasteiger charge is -2.02. The van der Waals surface area contributed by atoms with Gasteiger partial charge in [-0.2, -0.15) is 0 Å². The Morgan fingerprint density at radius 2 is 2.17 bits per heavy atom. The minimum atomic E-state index is -0.0499. The summed E-state index contributed by atoms with van der Waals surface area (Å²) in [6.45, 7) is 4.40. The molecule has 120 valence electrons. The summed E-state index contributed by atoms with van der Waals surface area (Å²) in [4.78, 5) is 21.8. The smallest absolute Gasteiger partial charge is 0.236 e. The molecule has 0 atom stereocenters. The number of aryl methyl sites for hydroxylation is 2. The number of amides is 1. The quantitative estimate of drug-likeness (QED) is 0.742. The van der Waals surface area contributed by atoms with E-state index in [0.29, 0.717) is 23.9 Å². The third kappa shape index (κ3) is 4.05. The van der Waals surface area contributed by atoms with E-state index in [1.54, 1.807) is 22.7 Å². The fourth-order valence-electron chi connectivity index (χ4n) is 2.17. The molecule has 3 rings (SSSR count). The van der Waals surface area contributed by atoms with Gasteiger partial charge in [0.1, 0.15) is 5.76 Å². The number of aromatic nitrogens is 2. The highest BCUT2D eigenvalue weighted by Crippen LogP contribution is 2.25. The lowest BCUT2D eigenvalue weighted by atomic mass is 10.2. The second kappa shape index (κ2) is 7.06. The number of rotatable bonds is 6. The van der Waals surface area contributed by atoms with E-state index in [2.05, 4.69) is 15.3 Å². The first kappa shape index (κ1) is 15.9. The van der Waals surface area contributed by atoms with Gasteiger partial charge in [0.05, 0.1) is 27.7 Å². The Morgan fingerprint density at radius 3 is 2.87 bits per heavy atom. The first-order valence-corrected chi connectivity index (χ1v) is 9.05. The van der Waals surface area contributed by atoms with Crippen LogP contribution in [0.15, 0.2) is 27.3 Å². The van der Waals surface area contributed by atoms with Gasteiger partial charge in [-0.15, -0.1) is 22.7 Å². The molecule has 0 aromatic carbocycles. The molecule has 0 aliphatic carbocycles. The molecule has 7 heteroatoms. The molecule has 0 aliphatic heterocycles. The molecule has 1 N–H and O–H groups in total. The van der Waals surface area contributed by atoms with Gasteiger partial charge in [0, 0.05) is 18.3 Å². The van der Waals surface area contributed by atoms with E-state index < -0.39 is 0 Å². The number of hydrogen-bond acceptors (Lipinski definition) is 6. The van der Waals surface area contributed by atoms with Crippen LogP contribution < -0.4 is 5.32 Å². The maximum absolute atomic E-state index is 12.0. The molecule has 0 radical (unpaired) electrons. The average molecular weight is 347 g/mol. The Morgan fingerprint density at radius 1 is 1.30 bits per heavy atom. The highest BCUT2D eigenvalue weighted by Gasteiger charge is 2.15. The van der Waals surface area contributed by atoms with Crippen LogP contribution in [0.2, 0.25) is 0 Å². The van der Waals surface area contributed by atoms with Crippen molar-refractivity contribution < 1.29 is 9.21 Å². The van der Waals surface area contributed by atoms with Crippen LogP contribution in [0.3, 0.4) is 0 Å². The van der Waals surface area contributed by atoms with Gasteiger partial charge in [-0.05, 0) is 25.3 Å². The van der Waals surface area contributed by atoms with E-state index in [4.69, 9.17) is 4.42 Å². The maximum Gasteiger partial charge on any atom is 0.236 e. The zero-order valence-electron chi connectivity index (χ0n) is 13.0. The minimum Gasteiger partial charge on any atom is -0.440 e. The predicted molar refractivity (Wildman–Crippen MR) is 91.8 cm³/mol. The molecular weight excluding hydrogens is 330 g/mol. The van der Waals surface area contributed by atoms with Gasteiger partial charge in [-0.1, -0.05) is 6.07 Å². The zero-order chi connectivity index (χ0) is 16.2. The molecule has 1 amide bonds. The van der Waals surface area contributed by atoms with Crippen molar-refractivity contribution in [2.45, 2.75) is 26.7 Å². The minimum absolute atomic E-state index is 0.0499. The summed E-state index contributed by atoms with van der Waals surface area (Å²) in [5.41, 5.74) is 1.71. The average Bonchev–Trinajstić information content (AvgIpc) is 3.22. The van der Waals surface area contributed by atoms with E-state index in [1.807, 2.05) is 36.7 Å². The highest BCUT2D eigenvalue weighted by atomic mass is 32.1. The van der Waals surface area contributed by atoms with E-state index in [9.17, 15) is 4.79 Å². The summed E-state index contributed by atoms with van der Waals surface area (Å²) in [5, 5.41) is 7.95. The molecule has 0 saturated carbocycles. The number of thiazole rings is 1. The van der Waals surface area contributed by atoms with Crippen molar-refractivity contribution in [3.63, 3.8) is 0 Å². The Hall–Kier alpha value is -1.99. The molecule has 0 bridgehead atoms. The maximum atomic E-state index is 12.0. The number of oxazole rings is 1. The normalized spacial score (nSPS) is 10.9. The first-order valence-electron chi connectivity index (χ1n) is 7.29. The molecule has 3 aromatic rings. The van der Waals surface area contributed by atoms with Crippen LogP contribution in [0.5, 0.6) is 0 Å². The van der Waals surface area contributed by atoms with Gasteiger partial charge >= 0.3 is 0 Å². The van der Waals surface area contributed by atoms with E-state index in [0.717, 1.165) is 22.0 Å². The summed E-state index contributed by atoms with van der Waals surface area (Å²) in [6, 6.07) is 3.90. The molecule has 0 fully saturated rings.